The molecule has 152 valence electrons. The Hall–Kier alpha value is -2.41. The molecule has 2 amide bonds. The van der Waals surface area contributed by atoms with Crippen molar-refractivity contribution in [1.82, 2.24) is 10.2 Å². The number of nitrogens with one attached hydrogen (secondary N) is 1. The van der Waals surface area contributed by atoms with E-state index in [-0.39, 0.29) is 30.2 Å². The van der Waals surface area contributed by atoms with Crippen molar-refractivity contribution in [2.24, 2.45) is 17.3 Å². The molecule has 2 N–H and O–H groups in total. The maximum atomic E-state index is 13.2. The highest BCUT2D eigenvalue weighted by molar-refractivity contribution is 5.98. The molecule has 2 fully saturated rings. The topological polar surface area (TPSA) is 95.9 Å². The maximum absolute atomic E-state index is 13.2. The van der Waals surface area contributed by atoms with E-state index < -0.39 is 17.4 Å². The second-order valence-electron chi connectivity index (χ2n) is 8.27. The van der Waals surface area contributed by atoms with Crippen LogP contribution in [-0.4, -0.2) is 60.1 Å². The van der Waals surface area contributed by atoms with Gasteiger partial charge in [-0.05, 0) is 31.4 Å². The molecule has 7 heteroatoms. The minimum absolute atomic E-state index is 0.124. The highest BCUT2D eigenvalue weighted by Gasteiger charge is 2.55. The van der Waals surface area contributed by atoms with Crippen LogP contribution < -0.4 is 5.32 Å². The molecule has 0 spiro atoms. The van der Waals surface area contributed by atoms with Crippen LogP contribution in [0, 0.1) is 24.2 Å². The van der Waals surface area contributed by atoms with Crippen molar-refractivity contribution < 1.29 is 24.2 Å². The van der Waals surface area contributed by atoms with Crippen LogP contribution in [-0.2, 0) is 14.3 Å². The number of hydrogen-bond donors (Lipinski definition) is 2. The van der Waals surface area contributed by atoms with Gasteiger partial charge in [0, 0.05) is 31.2 Å². The lowest BCUT2D eigenvalue weighted by molar-refractivity contribution is -0.157. The van der Waals surface area contributed by atoms with Crippen LogP contribution in [0.15, 0.2) is 24.3 Å². The van der Waals surface area contributed by atoms with Gasteiger partial charge in [-0.2, -0.15) is 0 Å². The summed E-state index contributed by atoms with van der Waals surface area (Å²) in [5.41, 5.74) is 0.520. The lowest BCUT2D eigenvalue weighted by Crippen LogP contribution is -2.51. The summed E-state index contributed by atoms with van der Waals surface area (Å²) in [6, 6.07) is 6.49. The number of rotatable bonds is 5. The van der Waals surface area contributed by atoms with Gasteiger partial charge in [0.2, 0.25) is 5.91 Å². The molecule has 1 unspecified atom stereocenters. The van der Waals surface area contributed by atoms with Gasteiger partial charge < -0.3 is 20.1 Å². The van der Waals surface area contributed by atoms with E-state index in [2.05, 4.69) is 5.32 Å². The number of carbonyl (C=O) groups excluding carboxylic acids is 2. The highest BCUT2D eigenvalue weighted by Crippen LogP contribution is 2.42. The number of aryl methyl sites for hydroxylation is 1. The highest BCUT2D eigenvalue weighted by atomic mass is 16.5. The number of likely N-dealkylation sites (tertiary alicyclic amines) is 1. The first-order chi connectivity index (χ1) is 13.2. The summed E-state index contributed by atoms with van der Waals surface area (Å²) in [7, 11) is 0. The Balaban J connectivity index is 1.76. The molecule has 0 saturated carbocycles. The number of nitrogens with zero attached hydrogens (tertiary/aromatic N) is 1. The minimum atomic E-state index is -0.948. The van der Waals surface area contributed by atoms with Crippen LogP contribution in [0.3, 0.4) is 0 Å². The number of amides is 2. The lowest BCUT2D eigenvalue weighted by atomic mass is 9.74. The van der Waals surface area contributed by atoms with Crippen LogP contribution in [0.2, 0.25) is 0 Å². The van der Waals surface area contributed by atoms with E-state index in [9.17, 15) is 19.5 Å². The normalized spacial score (nSPS) is 25.3. The maximum Gasteiger partial charge on any atom is 0.311 e. The van der Waals surface area contributed by atoms with Crippen LogP contribution in [0.25, 0.3) is 0 Å². The van der Waals surface area contributed by atoms with Crippen molar-refractivity contribution in [2.75, 3.05) is 26.3 Å². The molecule has 0 bridgehead atoms. The molecule has 28 heavy (non-hydrogen) atoms. The average molecular weight is 388 g/mol. The van der Waals surface area contributed by atoms with Crippen molar-refractivity contribution in [1.29, 1.82) is 0 Å². The van der Waals surface area contributed by atoms with Crippen molar-refractivity contribution in [3.63, 3.8) is 0 Å². The van der Waals surface area contributed by atoms with E-state index in [0.717, 1.165) is 5.56 Å². The molecular weight excluding hydrogens is 360 g/mol. The van der Waals surface area contributed by atoms with Gasteiger partial charge in [0.05, 0.1) is 12.0 Å². The molecule has 3 atom stereocenters. The van der Waals surface area contributed by atoms with Crippen molar-refractivity contribution in [3.8, 4) is 0 Å². The Morgan fingerprint density at radius 2 is 2.07 bits per heavy atom. The molecule has 2 heterocycles. The van der Waals surface area contributed by atoms with Gasteiger partial charge >= 0.3 is 5.97 Å². The number of fused-ring (bicyclic) bond motifs is 1. The van der Waals surface area contributed by atoms with E-state index in [1.807, 2.05) is 26.8 Å². The first-order valence-electron chi connectivity index (χ1n) is 9.72. The SMILES string of the molecule is Cc1cccc(C(=O)NC(C(=O)N2C[C@H]3COCC[C@@]3(C(=O)O)C2)C(C)C)c1. The molecule has 0 radical (unpaired) electrons. The van der Waals surface area contributed by atoms with Gasteiger partial charge in [-0.3, -0.25) is 14.4 Å². The molecule has 7 nitrogen and oxygen atoms in total. The van der Waals surface area contributed by atoms with Crippen LogP contribution >= 0.6 is 0 Å². The molecule has 2 aliphatic rings. The standard InChI is InChI=1S/C21H28N2O5/c1-13(2)17(22-18(24)15-6-4-5-14(3)9-15)19(25)23-10-16-11-28-8-7-21(16,12-23)20(26)27/h4-6,9,13,16-17H,7-8,10-12H2,1-3H3,(H,22,24)(H,26,27)/t16-,17?,21+/m0/s1. The van der Waals surface area contributed by atoms with E-state index >= 15 is 0 Å². The second-order valence-corrected chi connectivity index (χ2v) is 8.27. The molecular formula is C21H28N2O5. The number of hydrogen-bond acceptors (Lipinski definition) is 4. The van der Waals surface area contributed by atoms with E-state index in [1.165, 1.54) is 0 Å². The van der Waals surface area contributed by atoms with Crippen molar-refractivity contribution in [3.05, 3.63) is 35.4 Å². The smallest absolute Gasteiger partial charge is 0.311 e. The fourth-order valence-corrected chi connectivity index (χ4v) is 4.19. The summed E-state index contributed by atoms with van der Waals surface area (Å²) in [5, 5.41) is 12.7. The zero-order chi connectivity index (χ0) is 20.5. The molecule has 1 aromatic carbocycles. The largest absolute Gasteiger partial charge is 0.481 e. The van der Waals surface area contributed by atoms with Gasteiger partial charge in [-0.15, -0.1) is 0 Å². The Morgan fingerprint density at radius 3 is 2.68 bits per heavy atom. The van der Waals surface area contributed by atoms with Crippen LogP contribution in [0.1, 0.15) is 36.2 Å². The van der Waals surface area contributed by atoms with Gasteiger partial charge in [0.25, 0.3) is 5.91 Å². The van der Waals surface area contributed by atoms with Gasteiger partial charge in [-0.1, -0.05) is 31.5 Å². The van der Waals surface area contributed by atoms with Crippen LogP contribution in [0.4, 0.5) is 0 Å². The number of benzene rings is 1. The second kappa shape index (κ2) is 7.91. The Bertz CT molecular complexity index is 778. The summed E-state index contributed by atoms with van der Waals surface area (Å²) in [6.07, 6.45) is 0.402. The monoisotopic (exact) mass is 388 g/mol. The third kappa shape index (κ3) is 3.76. The van der Waals surface area contributed by atoms with Crippen molar-refractivity contribution in [2.45, 2.75) is 33.2 Å². The number of aliphatic carboxylic acids is 1. The van der Waals surface area contributed by atoms with Crippen molar-refractivity contribution >= 4 is 17.8 Å². The van der Waals surface area contributed by atoms with Crippen LogP contribution in [0.5, 0.6) is 0 Å². The van der Waals surface area contributed by atoms with E-state index in [0.29, 0.717) is 31.7 Å². The molecule has 2 saturated heterocycles. The van der Waals surface area contributed by atoms with E-state index in [1.54, 1.807) is 23.1 Å². The zero-order valence-corrected chi connectivity index (χ0v) is 16.6. The molecule has 0 aliphatic carbocycles. The quantitative estimate of drug-likeness (QED) is 0.800. The van der Waals surface area contributed by atoms with E-state index in [4.69, 9.17) is 4.74 Å². The minimum Gasteiger partial charge on any atom is -0.481 e. The number of carboxylic acid groups (broad SMARTS) is 1. The number of carboxylic acids is 1. The lowest BCUT2D eigenvalue weighted by Gasteiger charge is -2.34. The third-order valence-electron chi connectivity index (χ3n) is 5.94. The summed E-state index contributed by atoms with van der Waals surface area (Å²) in [5.74, 6) is -1.75. The summed E-state index contributed by atoms with van der Waals surface area (Å²) in [4.78, 5) is 39.4. The molecule has 3 rings (SSSR count). The molecule has 2 aliphatic heterocycles. The predicted octanol–water partition coefficient (Wildman–Crippen LogP) is 1.70. The predicted molar refractivity (Wildman–Crippen MR) is 103 cm³/mol. The average Bonchev–Trinajstić information content (AvgIpc) is 3.06. The summed E-state index contributed by atoms with van der Waals surface area (Å²) in [6.45, 7) is 6.89. The summed E-state index contributed by atoms with van der Waals surface area (Å²) >= 11 is 0. The third-order valence-corrected chi connectivity index (χ3v) is 5.94. The van der Waals surface area contributed by atoms with Gasteiger partial charge in [0.1, 0.15) is 6.04 Å². The fraction of sp³-hybridized carbons (Fsp3) is 0.571. The Kier molecular flexibility index (Phi) is 5.74. The Morgan fingerprint density at radius 1 is 1.32 bits per heavy atom. The fourth-order valence-electron chi connectivity index (χ4n) is 4.19. The van der Waals surface area contributed by atoms with Gasteiger partial charge in [-0.25, -0.2) is 0 Å². The molecule has 0 aromatic heterocycles. The number of ether oxygens (including phenoxy) is 1. The van der Waals surface area contributed by atoms with Gasteiger partial charge in [0.15, 0.2) is 0 Å². The molecule has 1 aromatic rings. The number of carbonyl (C=O) groups is 3. The summed E-state index contributed by atoms with van der Waals surface area (Å²) < 4.78 is 5.46. The first-order valence-corrected chi connectivity index (χ1v) is 9.72. The Labute approximate surface area is 165 Å². The zero-order valence-electron chi connectivity index (χ0n) is 16.6. The first kappa shape index (κ1) is 20.3.